The summed E-state index contributed by atoms with van der Waals surface area (Å²) in [5.74, 6) is 0. The second-order valence-electron chi connectivity index (χ2n) is 4.31. The van der Waals surface area contributed by atoms with Crippen LogP contribution in [-0.2, 0) is 0 Å². The number of nitrogens with one attached hydrogen (secondary N) is 1. The first kappa shape index (κ1) is 9.66. The number of nitrogens with two attached hydrogens (primary N) is 1. The largest absolute Gasteiger partial charge is 0.460 e. The first-order chi connectivity index (χ1) is 7.83. The van der Waals surface area contributed by atoms with E-state index in [1.807, 2.05) is 24.3 Å². The van der Waals surface area contributed by atoms with Gasteiger partial charge in [-0.2, -0.15) is 4.98 Å². The van der Waals surface area contributed by atoms with Crippen LogP contribution in [0.1, 0.15) is 19.3 Å². The Morgan fingerprint density at radius 2 is 2.19 bits per heavy atom. The highest BCUT2D eigenvalue weighted by Gasteiger charge is 2.26. The normalized spacial score (nSPS) is 25.1. The number of benzene rings is 1. The fourth-order valence-electron chi connectivity index (χ4n) is 2.23. The highest BCUT2D eigenvalue weighted by atomic mass is 16.5. The standard InChI is InChI=1S/C12H15N3O/c13-8-4-3-7-11(8)16-12-14-9-5-1-2-6-10(9)15-12/h1-2,5-6,8,11H,3-4,7,13H2,(H,14,15). The maximum Gasteiger partial charge on any atom is 0.294 e. The van der Waals surface area contributed by atoms with Crippen LogP contribution in [0.2, 0.25) is 0 Å². The third-order valence-corrected chi connectivity index (χ3v) is 3.13. The van der Waals surface area contributed by atoms with E-state index in [0.29, 0.717) is 6.01 Å². The fourth-order valence-corrected chi connectivity index (χ4v) is 2.23. The summed E-state index contributed by atoms with van der Waals surface area (Å²) in [4.78, 5) is 7.53. The van der Waals surface area contributed by atoms with Gasteiger partial charge in [-0.15, -0.1) is 0 Å². The smallest absolute Gasteiger partial charge is 0.294 e. The van der Waals surface area contributed by atoms with Crippen molar-refractivity contribution in [2.75, 3.05) is 0 Å². The molecule has 2 unspecified atom stereocenters. The summed E-state index contributed by atoms with van der Waals surface area (Å²) in [7, 11) is 0. The number of hydrogen-bond acceptors (Lipinski definition) is 3. The van der Waals surface area contributed by atoms with Gasteiger partial charge in [-0.1, -0.05) is 12.1 Å². The molecule has 0 aliphatic heterocycles. The molecule has 1 aromatic carbocycles. The monoisotopic (exact) mass is 217 g/mol. The number of aromatic amines is 1. The number of H-pyrrole nitrogens is 1. The van der Waals surface area contributed by atoms with E-state index in [-0.39, 0.29) is 12.1 Å². The molecule has 1 saturated carbocycles. The maximum atomic E-state index is 5.95. The second-order valence-corrected chi connectivity index (χ2v) is 4.31. The van der Waals surface area contributed by atoms with Crippen LogP contribution in [0.3, 0.4) is 0 Å². The molecule has 1 fully saturated rings. The van der Waals surface area contributed by atoms with Crippen molar-refractivity contribution < 1.29 is 4.74 Å². The van der Waals surface area contributed by atoms with E-state index < -0.39 is 0 Å². The molecule has 1 aliphatic carbocycles. The second kappa shape index (κ2) is 3.79. The summed E-state index contributed by atoms with van der Waals surface area (Å²) >= 11 is 0. The van der Waals surface area contributed by atoms with E-state index in [9.17, 15) is 0 Å². The molecule has 2 aromatic rings. The lowest BCUT2D eigenvalue weighted by atomic mass is 10.2. The molecule has 0 saturated heterocycles. The van der Waals surface area contributed by atoms with Crippen molar-refractivity contribution in [1.29, 1.82) is 0 Å². The minimum absolute atomic E-state index is 0.112. The Labute approximate surface area is 93.8 Å². The van der Waals surface area contributed by atoms with E-state index in [1.54, 1.807) is 0 Å². The molecule has 1 aromatic heterocycles. The van der Waals surface area contributed by atoms with Gasteiger partial charge in [0.15, 0.2) is 0 Å². The molecule has 4 nitrogen and oxygen atoms in total. The van der Waals surface area contributed by atoms with Gasteiger partial charge in [-0.3, -0.25) is 0 Å². The van der Waals surface area contributed by atoms with Crippen molar-refractivity contribution in [2.45, 2.75) is 31.4 Å². The molecule has 0 amide bonds. The van der Waals surface area contributed by atoms with Crippen LogP contribution in [0.15, 0.2) is 24.3 Å². The summed E-state index contributed by atoms with van der Waals surface area (Å²) in [6, 6.07) is 8.63. The van der Waals surface area contributed by atoms with Crippen molar-refractivity contribution in [3.8, 4) is 6.01 Å². The van der Waals surface area contributed by atoms with E-state index >= 15 is 0 Å². The van der Waals surface area contributed by atoms with Crippen LogP contribution in [0.5, 0.6) is 6.01 Å². The van der Waals surface area contributed by atoms with Crippen LogP contribution in [0.4, 0.5) is 0 Å². The topological polar surface area (TPSA) is 63.9 Å². The predicted molar refractivity (Wildman–Crippen MR) is 62.3 cm³/mol. The molecule has 1 heterocycles. The van der Waals surface area contributed by atoms with Gasteiger partial charge in [-0.25, -0.2) is 0 Å². The van der Waals surface area contributed by atoms with Crippen LogP contribution in [0.25, 0.3) is 11.0 Å². The number of rotatable bonds is 2. The van der Waals surface area contributed by atoms with Gasteiger partial charge in [0.05, 0.1) is 11.0 Å². The third kappa shape index (κ3) is 1.65. The molecule has 3 rings (SSSR count). The van der Waals surface area contributed by atoms with Crippen molar-refractivity contribution in [3.05, 3.63) is 24.3 Å². The molecular formula is C12H15N3O. The Hall–Kier alpha value is -1.55. The lowest BCUT2D eigenvalue weighted by Crippen LogP contribution is -2.33. The Morgan fingerprint density at radius 1 is 1.31 bits per heavy atom. The molecule has 2 atom stereocenters. The molecule has 1 aliphatic rings. The number of nitrogens with zero attached hydrogens (tertiary/aromatic N) is 1. The number of hydrogen-bond donors (Lipinski definition) is 2. The molecule has 3 N–H and O–H groups in total. The van der Waals surface area contributed by atoms with Crippen molar-refractivity contribution in [1.82, 2.24) is 9.97 Å². The van der Waals surface area contributed by atoms with E-state index in [4.69, 9.17) is 10.5 Å². The van der Waals surface area contributed by atoms with Crippen molar-refractivity contribution >= 4 is 11.0 Å². The zero-order chi connectivity index (χ0) is 11.0. The lowest BCUT2D eigenvalue weighted by molar-refractivity contribution is 0.178. The summed E-state index contributed by atoms with van der Waals surface area (Å²) in [5.41, 5.74) is 7.89. The van der Waals surface area contributed by atoms with Gasteiger partial charge in [0, 0.05) is 6.04 Å². The Kier molecular flexibility index (Phi) is 2.29. The van der Waals surface area contributed by atoms with Crippen LogP contribution >= 0.6 is 0 Å². The van der Waals surface area contributed by atoms with E-state index in [1.165, 1.54) is 0 Å². The summed E-state index contributed by atoms with van der Waals surface area (Å²) in [5, 5.41) is 0. The Morgan fingerprint density at radius 3 is 2.94 bits per heavy atom. The van der Waals surface area contributed by atoms with Crippen molar-refractivity contribution in [2.24, 2.45) is 5.73 Å². The number of fused-ring (bicyclic) bond motifs is 1. The fraction of sp³-hybridized carbons (Fsp3) is 0.417. The average molecular weight is 217 g/mol. The first-order valence-electron chi connectivity index (χ1n) is 5.70. The lowest BCUT2D eigenvalue weighted by Gasteiger charge is -2.15. The Balaban J connectivity index is 1.83. The van der Waals surface area contributed by atoms with Gasteiger partial charge in [0.2, 0.25) is 0 Å². The third-order valence-electron chi connectivity index (χ3n) is 3.13. The number of imidazole rings is 1. The molecule has 0 bridgehead atoms. The minimum atomic E-state index is 0.112. The summed E-state index contributed by atoms with van der Waals surface area (Å²) in [6.07, 6.45) is 3.33. The van der Waals surface area contributed by atoms with Crippen LogP contribution in [0, 0.1) is 0 Å². The summed E-state index contributed by atoms with van der Waals surface area (Å²) < 4.78 is 5.78. The maximum absolute atomic E-state index is 5.95. The molecule has 0 spiro atoms. The SMILES string of the molecule is NC1CCCC1Oc1nc2ccccc2[nH]1. The Bertz CT molecular complexity index is 461. The quantitative estimate of drug-likeness (QED) is 0.806. The molecule has 84 valence electrons. The van der Waals surface area contributed by atoms with Crippen LogP contribution < -0.4 is 10.5 Å². The van der Waals surface area contributed by atoms with E-state index in [0.717, 1.165) is 30.3 Å². The number of para-hydroxylation sites is 2. The number of ether oxygens (including phenoxy) is 1. The molecular weight excluding hydrogens is 202 g/mol. The highest BCUT2D eigenvalue weighted by molar-refractivity contribution is 5.75. The van der Waals surface area contributed by atoms with Crippen molar-refractivity contribution in [3.63, 3.8) is 0 Å². The van der Waals surface area contributed by atoms with Gasteiger partial charge in [-0.05, 0) is 31.4 Å². The van der Waals surface area contributed by atoms with E-state index in [2.05, 4.69) is 9.97 Å². The summed E-state index contributed by atoms with van der Waals surface area (Å²) in [6.45, 7) is 0. The first-order valence-corrected chi connectivity index (χ1v) is 5.70. The predicted octanol–water partition coefficient (Wildman–Crippen LogP) is 1.82. The van der Waals surface area contributed by atoms with Gasteiger partial charge < -0.3 is 15.5 Å². The van der Waals surface area contributed by atoms with Gasteiger partial charge in [0.25, 0.3) is 6.01 Å². The molecule has 16 heavy (non-hydrogen) atoms. The van der Waals surface area contributed by atoms with Gasteiger partial charge in [0.1, 0.15) is 6.10 Å². The molecule has 0 radical (unpaired) electrons. The van der Waals surface area contributed by atoms with Gasteiger partial charge >= 0.3 is 0 Å². The van der Waals surface area contributed by atoms with Crippen LogP contribution in [-0.4, -0.2) is 22.1 Å². The average Bonchev–Trinajstić information content (AvgIpc) is 2.85. The zero-order valence-corrected chi connectivity index (χ0v) is 9.02. The number of aromatic nitrogens is 2. The molecule has 4 heteroatoms. The zero-order valence-electron chi connectivity index (χ0n) is 9.02. The minimum Gasteiger partial charge on any atom is -0.460 e. The highest BCUT2D eigenvalue weighted by Crippen LogP contribution is 2.23.